The Labute approximate surface area is 268 Å². The molecule has 0 saturated heterocycles. The van der Waals surface area contributed by atoms with E-state index in [1.807, 2.05) is 56.3 Å². The smallest absolute Gasteiger partial charge is 0.231 e. The molecular weight excluding hydrogens is 590 g/mol. The summed E-state index contributed by atoms with van der Waals surface area (Å²) in [5.41, 5.74) is 12.6. The van der Waals surface area contributed by atoms with Crippen molar-refractivity contribution < 1.29 is 18.5 Å². The molecule has 2 heterocycles. The summed E-state index contributed by atoms with van der Waals surface area (Å²) in [7, 11) is -1.47. The number of nitrogens with zero attached hydrogens (tertiary/aromatic N) is 3. The van der Waals surface area contributed by atoms with Gasteiger partial charge in [-0.2, -0.15) is 0 Å². The van der Waals surface area contributed by atoms with Crippen LogP contribution in [0.15, 0.2) is 53.6 Å². The maximum atomic E-state index is 13.8. The number of nitrogens with one attached hydrogen (secondary N) is 2. The fourth-order valence-corrected chi connectivity index (χ4v) is 6.75. The van der Waals surface area contributed by atoms with Gasteiger partial charge in [-0.1, -0.05) is 31.2 Å². The second-order valence-corrected chi connectivity index (χ2v) is 12.8. The van der Waals surface area contributed by atoms with Crippen molar-refractivity contribution in [3.8, 4) is 5.88 Å². The van der Waals surface area contributed by atoms with Crippen molar-refractivity contribution in [1.29, 1.82) is 0 Å². The molecule has 1 aromatic heterocycles. The number of hydrazine groups is 1. The molecule has 1 aliphatic rings. The number of hydrogen-bond donors (Lipinski definition) is 4. The van der Waals surface area contributed by atoms with Gasteiger partial charge in [0.25, 0.3) is 0 Å². The molecule has 242 valence electrons. The van der Waals surface area contributed by atoms with Gasteiger partial charge in [0.1, 0.15) is 22.0 Å². The quantitative estimate of drug-likeness (QED) is 0.102. The van der Waals surface area contributed by atoms with Crippen molar-refractivity contribution in [1.82, 2.24) is 19.9 Å². The molecule has 0 aliphatic carbocycles. The van der Waals surface area contributed by atoms with E-state index in [4.69, 9.17) is 16.3 Å². The van der Waals surface area contributed by atoms with Crippen LogP contribution in [0.2, 0.25) is 0 Å². The Morgan fingerprint density at radius 1 is 1.16 bits per heavy atom. The van der Waals surface area contributed by atoms with Crippen molar-refractivity contribution >= 4 is 34.2 Å². The molecule has 4 rings (SSSR count). The molecule has 0 saturated carbocycles. The van der Waals surface area contributed by atoms with E-state index in [9.17, 15) is 13.8 Å². The summed E-state index contributed by atoms with van der Waals surface area (Å²) in [6, 6.07) is 13.6. The summed E-state index contributed by atoms with van der Waals surface area (Å²) < 4.78 is 21.8. The molecule has 0 radical (unpaired) electrons. The van der Waals surface area contributed by atoms with Gasteiger partial charge in [0.2, 0.25) is 17.7 Å². The van der Waals surface area contributed by atoms with Crippen LogP contribution in [-0.2, 0) is 27.1 Å². The largest absolute Gasteiger partial charge is 0.472 e. The van der Waals surface area contributed by atoms with E-state index in [0.717, 1.165) is 39.9 Å². The molecule has 3 aromatic rings. The third kappa shape index (κ3) is 8.19. The molecule has 6 N–H and O–H groups in total. The molecule has 45 heavy (non-hydrogen) atoms. The number of rotatable bonds is 12. The predicted octanol–water partition coefficient (Wildman–Crippen LogP) is 3.45. The van der Waals surface area contributed by atoms with Crippen LogP contribution in [0, 0.1) is 13.8 Å². The number of nitrogen functional groups attached to an aromatic ring is 1. The highest BCUT2D eigenvalue weighted by molar-refractivity contribution is 7.82. The Bertz CT molecular complexity index is 1550. The number of anilines is 2. The molecule has 1 aliphatic heterocycles. The number of aromatic nitrogens is 1. The average Bonchev–Trinajstić information content (AvgIpc) is 3.16. The number of hydrogen-bond acceptors (Lipinski definition) is 8. The van der Waals surface area contributed by atoms with Gasteiger partial charge >= 0.3 is 0 Å². The van der Waals surface area contributed by atoms with Crippen LogP contribution in [0.1, 0.15) is 67.3 Å². The van der Waals surface area contributed by atoms with E-state index in [2.05, 4.69) is 21.7 Å². The van der Waals surface area contributed by atoms with Crippen LogP contribution in [0.5, 0.6) is 5.88 Å². The Morgan fingerprint density at radius 3 is 2.62 bits per heavy atom. The van der Waals surface area contributed by atoms with E-state index < -0.39 is 11.0 Å². The minimum absolute atomic E-state index is 0.149. The second-order valence-electron chi connectivity index (χ2n) is 11.3. The number of carbonyl (C=O) groups is 2. The number of pyridine rings is 1. The van der Waals surface area contributed by atoms with Crippen LogP contribution in [0.25, 0.3) is 0 Å². The Morgan fingerprint density at radius 2 is 1.91 bits per heavy atom. The van der Waals surface area contributed by atoms with Crippen molar-refractivity contribution in [3.05, 3.63) is 76.5 Å². The van der Waals surface area contributed by atoms with Crippen LogP contribution >= 0.6 is 0 Å². The Hall–Kier alpha value is -4.00. The van der Waals surface area contributed by atoms with Crippen molar-refractivity contribution in [2.75, 3.05) is 36.9 Å². The van der Waals surface area contributed by atoms with Crippen LogP contribution in [0.3, 0.4) is 0 Å². The topological polar surface area (TPSA) is 156 Å². The van der Waals surface area contributed by atoms with Crippen LogP contribution in [-0.4, -0.2) is 57.6 Å². The van der Waals surface area contributed by atoms with Gasteiger partial charge in [-0.25, -0.2) is 19.3 Å². The van der Waals surface area contributed by atoms with E-state index >= 15 is 0 Å². The number of aryl methyl sites for hydroxylation is 1. The van der Waals surface area contributed by atoms with Gasteiger partial charge < -0.3 is 26.1 Å². The maximum absolute atomic E-state index is 13.8. The fraction of sp³-hybridized carbons (Fsp3) is 0.424. The number of fused-ring (bicyclic) bond motifs is 1. The molecule has 2 unspecified atom stereocenters. The maximum Gasteiger partial charge on any atom is 0.231 e. The molecule has 2 aromatic carbocycles. The van der Waals surface area contributed by atoms with Crippen molar-refractivity contribution in [2.45, 2.75) is 70.9 Å². The molecular formula is C33H45N7O4S. The van der Waals surface area contributed by atoms with E-state index in [1.165, 1.54) is 6.92 Å². The minimum atomic E-state index is -1.47. The van der Waals surface area contributed by atoms with E-state index in [0.29, 0.717) is 49.2 Å². The summed E-state index contributed by atoms with van der Waals surface area (Å²) in [5.74, 6) is 5.98. The highest BCUT2D eigenvalue weighted by Gasteiger charge is 2.30. The summed E-state index contributed by atoms with van der Waals surface area (Å²) in [5, 5.41) is 7.23. The van der Waals surface area contributed by atoms with E-state index in [-0.39, 0.29) is 30.3 Å². The monoisotopic (exact) mass is 635 g/mol. The minimum Gasteiger partial charge on any atom is -0.472 e. The number of ether oxygens (including phenoxy) is 1. The first-order valence-electron chi connectivity index (χ1n) is 15.3. The lowest BCUT2D eigenvalue weighted by molar-refractivity contribution is -0.122. The summed E-state index contributed by atoms with van der Waals surface area (Å²) >= 11 is 0. The summed E-state index contributed by atoms with van der Waals surface area (Å²) in [6.07, 6.45) is 2.41. The van der Waals surface area contributed by atoms with Crippen LogP contribution < -0.4 is 32.0 Å². The first kappa shape index (κ1) is 33.9. The second kappa shape index (κ2) is 15.3. The molecule has 2 amide bonds. The number of nitrogens with two attached hydrogens (primary N) is 2. The van der Waals surface area contributed by atoms with Crippen molar-refractivity contribution in [2.24, 2.45) is 5.84 Å². The SMILES string of the molecule is CC[C@@H]1CN(Cc2cc(C(CC(=O)NCCNC(C)=O)c3ccc(N(N)CC)c(N)c3C)ccc2C)S(=O)c2cccnc2O1. The van der Waals surface area contributed by atoms with E-state index in [1.54, 1.807) is 23.3 Å². The zero-order valence-electron chi connectivity index (χ0n) is 26.8. The van der Waals surface area contributed by atoms with Gasteiger partial charge in [-0.15, -0.1) is 0 Å². The van der Waals surface area contributed by atoms with Gasteiger partial charge in [0.05, 0.1) is 11.4 Å². The molecule has 11 nitrogen and oxygen atoms in total. The van der Waals surface area contributed by atoms with Gasteiger partial charge in [0.15, 0.2) is 0 Å². The molecule has 0 bridgehead atoms. The zero-order valence-corrected chi connectivity index (χ0v) is 27.6. The zero-order chi connectivity index (χ0) is 32.7. The number of benzene rings is 2. The average molecular weight is 636 g/mol. The summed E-state index contributed by atoms with van der Waals surface area (Å²) in [4.78, 5) is 29.4. The first-order chi connectivity index (χ1) is 21.5. The standard InChI is InChI=1S/C33H45N7O4S/c1-6-26-20-39(45(43)30-9-8-14-38-33(30)44-26)19-25-17-24(11-10-21(25)3)28(18-31(42)37-16-15-36-23(5)41)27-12-13-29(40(35)7-2)32(34)22(27)4/h8-14,17,26,28H,6-7,15-16,18-20,34-35H2,1-5H3,(H,36,41)(H,37,42)/t26-,28?,45?/m1/s1. The normalized spacial score (nSPS) is 17.0. The highest BCUT2D eigenvalue weighted by Crippen LogP contribution is 2.37. The first-order valence-corrected chi connectivity index (χ1v) is 16.4. The van der Waals surface area contributed by atoms with Gasteiger partial charge in [0, 0.05) is 58.2 Å². The third-order valence-corrected chi connectivity index (χ3v) is 9.63. The molecule has 3 atom stereocenters. The predicted molar refractivity (Wildman–Crippen MR) is 178 cm³/mol. The summed E-state index contributed by atoms with van der Waals surface area (Å²) in [6.45, 7) is 11.6. The number of carbonyl (C=O) groups excluding carboxylic acids is 2. The highest BCUT2D eigenvalue weighted by atomic mass is 32.2. The molecule has 12 heteroatoms. The van der Waals surface area contributed by atoms with Gasteiger partial charge in [-0.05, 0) is 73.2 Å². The third-order valence-electron chi connectivity index (χ3n) is 8.19. The van der Waals surface area contributed by atoms with Gasteiger partial charge in [-0.3, -0.25) is 9.59 Å². The molecule has 0 spiro atoms. The Kier molecular flexibility index (Phi) is 11.5. The lowest BCUT2D eigenvalue weighted by atomic mass is 9.83. The van der Waals surface area contributed by atoms with Crippen LogP contribution in [0.4, 0.5) is 11.4 Å². The fourth-order valence-electron chi connectivity index (χ4n) is 5.47. The number of amides is 2. The Balaban J connectivity index is 1.69. The lowest BCUT2D eigenvalue weighted by Crippen LogP contribution is -2.34. The lowest BCUT2D eigenvalue weighted by Gasteiger charge is -2.26. The molecule has 0 fully saturated rings. The van der Waals surface area contributed by atoms with Crippen molar-refractivity contribution in [3.63, 3.8) is 0 Å².